The van der Waals surface area contributed by atoms with Gasteiger partial charge < -0.3 is 14.2 Å². The van der Waals surface area contributed by atoms with Gasteiger partial charge in [-0.2, -0.15) is 0 Å². The van der Waals surface area contributed by atoms with E-state index in [2.05, 4.69) is 54.6 Å². The summed E-state index contributed by atoms with van der Waals surface area (Å²) in [4.78, 5) is 15.8. The molecule has 4 nitrogen and oxygen atoms in total. The Morgan fingerprint density at radius 2 is 1.24 bits per heavy atom. The lowest BCUT2D eigenvalue weighted by Gasteiger charge is -2.24. The Bertz CT molecular complexity index is 1010. The second-order valence-electron chi connectivity index (χ2n) is 9.63. The molecule has 0 saturated carbocycles. The van der Waals surface area contributed by atoms with Crippen LogP contribution in [0.5, 0.6) is 11.5 Å². The third-order valence-electron chi connectivity index (χ3n) is 4.29. The molecule has 174 valence electrons. The Kier molecular flexibility index (Phi) is 7.75. The van der Waals surface area contributed by atoms with Crippen molar-refractivity contribution in [2.45, 2.75) is 67.4 Å². The zero-order valence-corrected chi connectivity index (χ0v) is 21.1. The zero-order valence-electron chi connectivity index (χ0n) is 20.3. The van der Waals surface area contributed by atoms with Crippen LogP contribution in [0.1, 0.15) is 41.5 Å². The van der Waals surface area contributed by atoms with Crippen LogP contribution in [-0.2, 0) is 20.4 Å². The first-order chi connectivity index (χ1) is 15.5. The number of ether oxygens (including phenoxy) is 3. The number of esters is 1. The van der Waals surface area contributed by atoms with E-state index in [1.165, 1.54) is 9.79 Å². The molecule has 0 radical (unpaired) electrons. The maximum absolute atomic E-state index is 12.3. The van der Waals surface area contributed by atoms with E-state index in [-0.39, 0.29) is 17.5 Å². The van der Waals surface area contributed by atoms with Gasteiger partial charge in [0.05, 0.1) is 10.9 Å². The van der Waals surface area contributed by atoms with Crippen LogP contribution >= 0.6 is 0 Å². The summed E-state index contributed by atoms with van der Waals surface area (Å²) in [5.74, 6) is 0.705. The van der Waals surface area contributed by atoms with E-state index in [1.807, 2.05) is 65.8 Å². The first kappa shape index (κ1) is 24.7. The molecule has 0 aliphatic heterocycles. The van der Waals surface area contributed by atoms with Crippen molar-refractivity contribution in [3.63, 3.8) is 0 Å². The standard InChI is InChI=1S/C28H33O4S/c1-27(2,3)31-24-18-17-23(19-25(24)30-20-26(29)32-28(4,5)6)33(21-13-9-7-10-14-21)22-15-11-8-12-16-22/h7-19H,20H2,1-6H3/q+1. The van der Waals surface area contributed by atoms with E-state index >= 15 is 0 Å². The molecule has 0 spiro atoms. The molecular weight excluding hydrogens is 432 g/mol. The third kappa shape index (κ3) is 7.57. The Hall–Kier alpha value is -2.92. The molecule has 0 aliphatic rings. The summed E-state index contributed by atoms with van der Waals surface area (Å²) in [5.41, 5.74) is -0.980. The largest absolute Gasteiger partial charge is 0.484 e. The SMILES string of the molecule is CC(C)(C)OC(=O)COc1cc([S+](c2ccccc2)c2ccccc2)ccc1OC(C)(C)C. The molecule has 0 saturated heterocycles. The number of rotatable bonds is 7. The predicted molar refractivity (Wildman–Crippen MR) is 133 cm³/mol. The molecular formula is C28H33O4S+. The minimum absolute atomic E-state index is 0.189. The van der Waals surface area contributed by atoms with Crippen LogP contribution in [0.25, 0.3) is 0 Å². The van der Waals surface area contributed by atoms with Crippen LogP contribution in [0, 0.1) is 0 Å². The van der Waals surface area contributed by atoms with Crippen molar-refractivity contribution >= 4 is 16.9 Å². The smallest absolute Gasteiger partial charge is 0.344 e. The number of hydrogen-bond donors (Lipinski definition) is 0. The van der Waals surface area contributed by atoms with Crippen molar-refractivity contribution in [2.24, 2.45) is 0 Å². The lowest BCUT2D eigenvalue weighted by molar-refractivity contribution is -0.157. The molecule has 3 aromatic rings. The van der Waals surface area contributed by atoms with Gasteiger partial charge >= 0.3 is 5.97 Å². The van der Waals surface area contributed by atoms with Crippen molar-refractivity contribution in [1.29, 1.82) is 0 Å². The maximum atomic E-state index is 12.3. The second kappa shape index (κ2) is 10.3. The molecule has 0 unspecified atom stereocenters. The van der Waals surface area contributed by atoms with Crippen LogP contribution in [-0.4, -0.2) is 23.8 Å². The molecule has 33 heavy (non-hydrogen) atoms. The minimum Gasteiger partial charge on any atom is -0.484 e. The number of carbonyl (C=O) groups is 1. The van der Waals surface area contributed by atoms with Crippen molar-refractivity contribution in [3.05, 3.63) is 78.9 Å². The van der Waals surface area contributed by atoms with Crippen LogP contribution in [0.3, 0.4) is 0 Å². The van der Waals surface area contributed by atoms with Gasteiger partial charge in [-0.15, -0.1) is 0 Å². The normalized spacial score (nSPS) is 11.8. The fourth-order valence-corrected chi connectivity index (χ4v) is 5.28. The van der Waals surface area contributed by atoms with Gasteiger partial charge in [-0.25, -0.2) is 4.79 Å². The van der Waals surface area contributed by atoms with Gasteiger partial charge in [-0.1, -0.05) is 36.4 Å². The maximum Gasteiger partial charge on any atom is 0.344 e. The van der Waals surface area contributed by atoms with Crippen LogP contribution < -0.4 is 9.47 Å². The third-order valence-corrected chi connectivity index (χ3v) is 6.50. The van der Waals surface area contributed by atoms with Crippen molar-refractivity contribution in [1.82, 2.24) is 0 Å². The number of hydrogen-bond acceptors (Lipinski definition) is 4. The summed E-state index contributed by atoms with van der Waals surface area (Å²) in [6.45, 7) is 11.3. The molecule has 0 aromatic heterocycles. The van der Waals surface area contributed by atoms with E-state index in [4.69, 9.17) is 14.2 Å². The summed E-state index contributed by atoms with van der Waals surface area (Å²) >= 11 is 0. The first-order valence-corrected chi connectivity index (χ1v) is 12.3. The Labute approximate surface area is 200 Å². The number of benzene rings is 3. The summed E-state index contributed by atoms with van der Waals surface area (Å²) < 4.78 is 17.5. The van der Waals surface area contributed by atoms with E-state index in [0.29, 0.717) is 11.5 Å². The molecule has 0 fully saturated rings. The molecule has 0 atom stereocenters. The lowest BCUT2D eigenvalue weighted by atomic mass is 10.2. The summed E-state index contributed by atoms with van der Waals surface area (Å²) in [6, 6.07) is 26.8. The molecule has 0 N–H and O–H groups in total. The van der Waals surface area contributed by atoms with Crippen molar-refractivity contribution in [3.8, 4) is 11.5 Å². The fraction of sp³-hybridized carbons (Fsp3) is 0.321. The average Bonchev–Trinajstić information content (AvgIpc) is 2.73. The summed E-state index contributed by atoms with van der Waals surface area (Å²) in [7, 11) is -0.338. The topological polar surface area (TPSA) is 44.8 Å². The molecule has 5 heteroatoms. The van der Waals surface area contributed by atoms with Gasteiger partial charge in [0.1, 0.15) is 11.2 Å². The van der Waals surface area contributed by atoms with Crippen LogP contribution in [0.2, 0.25) is 0 Å². The fourth-order valence-electron chi connectivity index (χ4n) is 3.17. The molecule has 3 aromatic carbocycles. The Morgan fingerprint density at radius 1 is 0.697 bits per heavy atom. The lowest BCUT2D eigenvalue weighted by Crippen LogP contribution is -2.28. The second-order valence-corrected chi connectivity index (χ2v) is 11.7. The van der Waals surface area contributed by atoms with E-state index < -0.39 is 17.2 Å². The van der Waals surface area contributed by atoms with Crippen LogP contribution in [0.4, 0.5) is 0 Å². The average molecular weight is 466 g/mol. The minimum atomic E-state index is -0.569. The van der Waals surface area contributed by atoms with Crippen molar-refractivity contribution < 1.29 is 19.0 Å². The van der Waals surface area contributed by atoms with Gasteiger partial charge in [-0.05, 0) is 77.9 Å². The highest BCUT2D eigenvalue weighted by Crippen LogP contribution is 2.38. The van der Waals surface area contributed by atoms with Crippen LogP contribution in [0.15, 0.2) is 93.5 Å². The highest BCUT2D eigenvalue weighted by atomic mass is 32.2. The molecule has 3 rings (SSSR count). The Balaban J connectivity index is 2.00. The van der Waals surface area contributed by atoms with Crippen molar-refractivity contribution in [2.75, 3.05) is 6.61 Å². The van der Waals surface area contributed by atoms with Gasteiger partial charge in [0.25, 0.3) is 0 Å². The molecule has 0 heterocycles. The predicted octanol–water partition coefficient (Wildman–Crippen LogP) is 6.68. The molecule has 0 bridgehead atoms. The monoisotopic (exact) mass is 465 g/mol. The van der Waals surface area contributed by atoms with E-state index in [1.54, 1.807) is 0 Å². The Morgan fingerprint density at radius 3 is 1.73 bits per heavy atom. The van der Waals surface area contributed by atoms with E-state index in [0.717, 1.165) is 4.90 Å². The first-order valence-electron chi connectivity index (χ1n) is 11.0. The highest BCUT2D eigenvalue weighted by Gasteiger charge is 2.30. The summed E-state index contributed by atoms with van der Waals surface area (Å²) in [6.07, 6.45) is 0. The summed E-state index contributed by atoms with van der Waals surface area (Å²) in [5, 5.41) is 0. The number of carbonyl (C=O) groups excluding carboxylic acids is 1. The molecule has 0 amide bonds. The van der Waals surface area contributed by atoms with Gasteiger partial charge in [0.2, 0.25) is 0 Å². The van der Waals surface area contributed by atoms with Gasteiger partial charge in [0, 0.05) is 6.07 Å². The quantitative estimate of drug-likeness (QED) is 0.288. The van der Waals surface area contributed by atoms with E-state index in [9.17, 15) is 4.79 Å². The molecule has 0 aliphatic carbocycles. The zero-order chi connectivity index (χ0) is 24.1. The van der Waals surface area contributed by atoms with Gasteiger partial charge in [-0.3, -0.25) is 0 Å². The van der Waals surface area contributed by atoms with Gasteiger partial charge in [0.15, 0.2) is 32.8 Å². The highest BCUT2D eigenvalue weighted by molar-refractivity contribution is 7.97.